The first-order chi connectivity index (χ1) is 19.5. The van der Waals surface area contributed by atoms with Crippen molar-refractivity contribution in [3.05, 3.63) is 75.4 Å². The van der Waals surface area contributed by atoms with Crippen molar-refractivity contribution >= 4 is 62.4 Å². The molecule has 0 radical (unpaired) electrons. The van der Waals surface area contributed by atoms with E-state index in [1.807, 2.05) is 39.0 Å². The second-order valence-corrected chi connectivity index (χ2v) is 10.7. The number of carboxylic acids is 2. The predicted molar refractivity (Wildman–Crippen MR) is 164 cm³/mol. The number of carboxylic acid groups (broad SMARTS) is 2. The molecule has 2 aliphatic rings. The van der Waals surface area contributed by atoms with Gasteiger partial charge in [0.15, 0.2) is 0 Å². The van der Waals surface area contributed by atoms with Crippen LogP contribution < -0.4 is 0 Å². The quantitative estimate of drug-likeness (QED) is 0.255. The summed E-state index contributed by atoms with van der Waals surface area (Å²) in [5.41, 5.74) is 13.0. The summed E-state index contributed by atoms with van der Waals surface area (Å²) in [5, 5.41) is 19.7. The number of hydrogen-bond acceptors (Lipinski definition) is 4. The van der Waals surface area contributed by atoms with Crippen LogP contribution in [0.15, 0.2) is 24.8 Å². The summed E-state index contributed by atoms with van der Waals surface area (Å²) in [6.07, 6.45) is 2.82. The molecule has 0 unspecified atom stereocenters. The van der Waals surface area contributed by atoms with E-state index in [4.69, 9.17) is 9.97 Å². The molecule has 0 aromatic carbocycles. The maximum Gasteiger partial charge on any atom is 0.338 e. The highest BCUT2D eigenvalue weighted by Gasteiger charge is 2.28. The summed E-state index contributed by atoms with van der Waals surface area (Å²) in [6, 6.07) is 5.96. The lowest BCUT2D eigenvalue weighted by Crippen LogP contribution is -2.03. The zero-order valence-corrected chi connectivity index (χ0v) is 24.2. The number of aryl methyl sites for hydroxylation is 3. The predicted octanol–water partition coefficient (Wildman–Crippen LogP) is 7.26. The van der Waals surface area contributed by atoms with E-state index in [0.29, 0.717) is 33.9 Å². The Labute approximate surface area is 238 Å². The Morgan fingerprint density at radius 3 is 2.07 bits per heavy atom. The standard InChI is InChI=1S/C33H34N4O4/c1-8-20-15(3)23-12-25-17(5)22(10-11-29(38)39)31(36-25)19(7)32-30(33(40)41)18(6)26(37-32)14-28-21(9-2)16(4)24(35-28)13-27(20)34-23/h8,12-14,34-35H,1,9-11H2,2-7H3,(H,38,39)(H,40,41). The molecule has 8 nitrogen and oxygen atoms in total. The fourth-order valence-corrected chi connectivity index (χ4v) is 5.94. The van der Waals surface area contributed by atoms with Gasteiger partial charge < -0.3 is 20.2 Å². The molecule has 5 heterocycles. The lowest BCUT2D eigenvalue weighted by atomic mass is 9.96. The Bertz CT molecular complexity index is 1900. The SMILES string of the molecule is C=Cc1c(C)c2cc3nc(c(C)c4nc(cc5[nH]c(cc1[nH]2)c(C)c5CC)C(C)=C4C(=O)O)C(CCC(=O)O)=C3C. The monoisotopic (exact) mass is 550 g/mol. The number of carbonyl (C=O) groups is 2. The highest BCUT2D eigenvalue weighted by atomic mass is 16.4. The number of aliphatic carboxylic acids is 2. The third kappa shape index (κ3) is 4.59. The number of rotatable bonds is 6. The number of allylic oxidation sites excluding steroid dienone is 3. The minimum atomic E-state index is -1.07. The van der Waals surface area contributed by atoms with Gasteiger partial charge in [0.25, 0.3) is 0 Å². The zero-order valence-electron chi connectivity index (χ0n) is 24.2. The number of aromatic nitrogens is 4. The average molecular weight is 551 g/mol. The molecule has 4 N–H and O–H groups in total. The van der Waals surface area contributed by atoms with Crippen molar-refractivity contribution in [2.45, 2.75) is 60.8 Å². The van der Waals surface area contributed by atoms with E-state index in [0.717, 1.165) is 61.9 Å². The second-order valence-electron chi connectivity index (χ2n) is 10.7. The lowest BCUT2D eigenvalue weighted by molar-refractivity contribution is -0.137. The van der Waals surface area contributed by atoms with Crippen molar-refractivity contribution in [1.82, 2.24) is 19.9 Å². The largest absolute Gasteiger partial charge is 0.481 e. The third-order valence-electron chi connectivity index (χ3n) is 8.32. The van der Waals surface area contributed by atoms with E-state index in [1.54, 1.807) is 6.92 Å². The molecule has 0 saturated heterocycles. The van der Waals surface area contributed by atoms with Gasteiger partial charge in [0.1, 0.15) is 0 Å². The first-order valence-electron chi connectivity index (χ1n) is 13.7. The van der Waals surface area contributed by atoms with Crippen molar-refractivity contribution < 1.29 is 19.8 Å². The summed E-state index contributed by atoms with van der Waals surface area (Å²) in [6.45, 7) is 15.8. The lowest BCUT2D eigenvalue weighted by Gasteiger charge is -2.07. The van der Waals surface area contributed by atoms with Gasteiger partial charge >= 0.3 is 11.9 Å². The molecule has 0 atom stereocenters. The first-order valence-corrected chi connectivity index (χ1v) is 13.7. The Kier molecular flexibility index (Phi) is 7.03. The van der Waals surface area contributed by atoms with Crippen LogP contribution in [0.1, 0.15) is 84.2 Å². The van der Waals surface area contributed by atoms with E-state index in [9.17, 15) is 19.8 Å². The van der Waals surface area contributed by atoms with Gasteiger partial charge in [-0.05, 0) is 99.1 Å². The highest BCUT2D eigenvalue weighted by molar-refractivity contribution is 6.24. The number of hydrogen-bond donors (Lipinski definition) is 4. The van der Waals surface area contributed by atoms with E-state index < -0.39 is 11.9 Å². The zero-order chi connectivity index (χ0) is 29.7. The van der Waals surface area contributed by atoms with Gasteiger partial charge in [0.05, 0.1) is 28.3 Å². The van der Waals surface area contributed by atoms with Crippen molar-refractivity contribution in [1.29, 1.82) is 0 Å². The van der Waals surface area contributed by atoms with Crippen LogP contribution in [0, 0.1) is 20.8 Å². The van der Waals surface area contributed by atoms with Crippen LogP contribution in [-0.2, 0) is 16.0 Å². The molecular formula is C33H34N4O4. The minimum Gasteiger partial charge on any atom is -0.481 e. The molecule has 0 saturated carbocycles. The van der Waals surface area contributed by atoms with Crippen LogP contribution in [0.2, 0.25) is 0 Å². The van der Waals surface area contributed by atoms with E-state index >= 15 is 0 Å². The van der Waals surface area contributed by atoms with Gasteiger partial charge in [0, 0.05) is 39.6 Å². The fourth-order valence-electron chi connectivity index (χ4n) is 5.94. The van der Waals surface area contributed by atoms with Crippen LogP contribution in [0.25, 0.3) is 50.4 Å². The Morgan fingerprint density at radius 1 is 0.829 bits per heavy atom. The van der Waals surface area contributed by atoms with Crippen molar-refractivity contribution in [3.8, 4) is 0 Å². The van der Waals surface area contributed by atoms with Crippen LogP contribution in [0.4, 0.5) is 0 Å². The fraction of sp³-hybridized carbons (Fsp3) is 0.273. The number of nitrogens with one attached hydrogen (secondary N) is 2. The molecule has 210 valence electrons. The molecular weight excluding hydrogens is 516 g/mol. The topological polar surface area (TPSA) is 132 Å². The van der Waals surface area contributed by atoms with Gasteiger partial charge in [-0.15, -0.1) is 0 Å². The number of aromatic amines is 2. The summed E-state index contributed by atoms with van der Waals surface area (Å²) >= 11 is 0. The van der Waals surface area contributed by atoms with E-state index in [-0.39, 0.29) is 18.4 Å². The number of fused-ring (bicyclic) bond motifs is 8. The van der Waals surface area contributed by atoms with Crippen LogP contribution in [0.5, 0.6) is 0 Å². The van der Waals surface area contributed by atoms with Crippen molar-refractivity contribution in [3.63, 3.8) is 0 Å². The normalized spacial score (nSPS) is 13.2. The molecule has 0 aliphatic carbocycles. The molecule has 0 spiro atoms. The van der Waals surface area contributed by atoms with E-state index in [1.165, 1.54) is 0 Å². The minimum absolute atomic E-state index is 0.0696. The molecule has 8 heteroatoms. The Hall–Kier alpha value is -4.72. The second kappa shape index (κ2) is 10.4. The molecule has 0 fully saturated rings. The van der Waals surface area contributed by atoms with Gasteiger partial charge in [-0.3, -0.25) is 4.79 Å². The van der Waals surface area contributed by atoms with Gasteiger partial charge in [-0.25, -0.2) is 14.8 Å². The maximum absolute atomic E-state index is 12.5. The molecule has 0 amide bonds. The summed E-state index contributed by atoms with van der Waals surface area (Å²) in [4.78, 5) is 40.9. The smallest absolute Gasteiger partial charge is 0.338 e. The molecule has 41 heavy (non-hydrogen) atoms. The van der Waals surface area contributed by atoms with Crippen LogP contribution in [-0.4, -0.2) is 42.1 Å². The highest BCUT2D eigenvalue weighted by Crippen LogP contribution is 2.39. The average Bonchev–Trinajstić information content (AvgIpc) is 3.60. The van der Waals surface area contributed by atoms with Crippen LogP contribution in [0.3, 0.4) is 0 Å². The van der Waals surface area contributed by atoms with Crippen LogP contribution >= 0.6 is 0 Å². The summed E-state index contributed by atoms with van der Waals surface area (Å²) in [7, 11) is 0. The Morgan fingerprint density at radius 2 is 1.44 bits per heavy atom. The Balaban J connectivity index is 2.02. The van der Waals surface area contributed by atoms with E-state index in [2.05, 4.69) is 36.5 Å². The third-order valence-corrected chi connectivity index (χ3v) is 8.32. The number of nitrogens with zero attached hydrogens (tertiary/aromatic N) is 2. The molecule has 3 aromatic heterocycles. The number of H-pyrrole nitrogens is 2. The van der Waals surface area contributed by atoms with Crippen molar-refractivity contribution in [2.75, 3.05) is 0 Å². The van der Waals surface area contributed by atoms with Gasteiger partial charge in [-0.2, -0.15) is 0 Å². The van der Waals surface area contributed by atoms with Gasteiger partial charge in [0.2, 0.25) is 0 Å². The van der Waals surface area contributed by atoms with Crippen molar-refractivity contribution in [2.24, 2.45) is 0 Å². The molecule has 8 bridgehead atoms. The molecule has 5 rings (SSSR count). The molecule has 2 aliphatic heterocycles. The van der Waals surface area contributed by atoms with Gasteiger partial charge in [-0.1, -0.05) is 19.6 Å². The first kappa shape index (κ1) is 27.8. The summed E-state index contributed by atoms with van der Waals surface area (Å²) < 4.78 is 0. The maximum atomic E-state index is 12.5. The summed E-state index contributed by atoms with van der Waals surface area (Å²) in [5.74, 6) is -1.98. The molecule has 3 aromatic rings.